The van der Waals surface area contributed by atoms with Gasteiger partial charge in [-0.05, 0) is 27.4 Å². The van der Waals surface area contributed by atoms with Crippen LogP contribution in [-0.2, 0) is 9.59 Å². The van der Waals surface area contributed by atoms with E-state index < -0.39 is 12.1 Å². The molecule has 0 aliphatic rings. The molecule has 0 bridgehead atoms. The normalized spacial score (nSPS) is 13.9. The number of nitrogens with one attached hydrogen (secondary N) is 2. The molecule has 14 heavy (non-hydrogen) atoms. The minimum Gasteiger partial charge on any atom is -0.495 e. The zero-order valence-corrected chi connectivity index (χ0v) is 8.63. The molecule has 3 N–H and O–H groups in total. The highest BCUT2D eigenvalue weighted by Gasteiger charge is 2.16. The summed E-state index contributed by atoms with van der Waals surface area (Å²) in [6, 6.07) is -1.13. The van der Waals surface area contributed by atoms with E-state index in [4.69, 9.17) is 5.11 Å². The van der Waals surface area contributed by atoms with E-state index in [0.717, 1.165) is 0 Å². The first kappa shape index (κ1) is 12.5. The van der Waals surface area contributed by atoms with E-state index in [2.05, 4.69) is 17.2 Å². The van der Waals surface area contributed by atoms with Crippen LogP contribution in [0.1, 0.15) is 20.8 Å². The van der Waals surface area contributed by atoms with Crippen molar-refractivity contribution in [1.29, 1.82) is 0 Å². The molecule has 0 saturated carbocycles. The first-order valence-electron chi connectivity index (χ1n) is 4.29. The van der Waals surface area contributed by atoms with Crippen LogP contribution in [0.5, 0.6) is 0 Å². The molecule has 0 aliphatic carbocycles. The van der Waals surface area contributed by atoms with Gasteiger partial charge in [0.2, 0.25) is 5.91 Å². The lowest BCUT2D eigenvalue weighted by Gasteiger charge is -2.16. The van der Waals surface area contributed by atoms with E-state index in [9.17, 15) is 9.59 Å². The number of amides is 1. The van der Waals surface area contributed by atoms with E-state index in [1.165, 1.54) is 6.92 Å². The molecule has 2 atom stereocenters. The Balaban J connectivity index is 4.07. The summed E-state index contributed by atoms with van der Waals surface area (Å²) in [6.45, 7) is 7.74. The molecule has 0 radical (unpaired) electrons. The Morgan fingerprint density at radius 1 is 1.21 bits per heavy atom. The van der Waals surface area contributed by atoms with Crippen molar-refractivity contribution in [2.75, 3.05) is 0 Å². The van der Waals surface area contributed by atoms with Gasteiger partial charge < -0.3 is 15.7 Å². The maximum Gasteiger partial charge on any atom is 0.242 e. The molecular formula is C9H16N2O3. The quantitative estimate of drug-likeness (QED) is 0.549. The molecule has 0 aromatic heterocycles. The van der Waals surface area contributed by atoms with Crippen LogP contribution in [-0.4, -0.2) is 28.9 Å². The van der Waals surface area contributed by atoms with Crippen LogP contribution in [0.4, 0.5) is 0 Å². The van der Waals surface area contributed by atoms with Gasteiger partial charge in [0.05, 0.1) is 6.04 Å². The third-order valence-electron chi connectivity index (χ3n) is 1.74. The van der Waals surface area contributed by atoms with Gasteiger partial charge in [0.15, 0.2) is 11.7 Å². The number of ketones is 1. The van der Waals surface area contributed by atoms with Crippen LogP contribution in [0.3, 0.4) is 0 Å². The van der Waals surface area contributed by atoms with E-state index in [0.29, 0.717) is 0 Å². The topological polar surface area (TPSA) is 78.4 Å². The Hall–Kier alpha value is -1.52. The molecule has 80 valence electrons. The molecule has 0 rings (SSSR count). The Labute approximate surface area is 83.2 Å². The van der Waals surface area contributed by atoms with E-state index >= 15 is 0 Å². The molecule has 0 aliphatic heterocycles. The third-order valence-corrected chi connectivity index (χ3v) is 1.74. The molecule has 0 unspecified atom stereocenters. The summed E-state index contributed by atoms with van der Waals surface area (Å²) >= 11 is 0. The van der Waals surface area contributed by atoms with Crippen molar-refractivity contribution in [3.63, 3.8) is 0 Å². The van der Waals surface area contributed by atoms with Crippen molar-refractivity contribution < 1.29 is 14.7 Å². The van der Waals surface area contributed by atoms with Crippen molar-refractivity contribution >= 4 is 11.7 Å². The lowest BCUT2D eigenvalue weighted by atomic mass is 10.2. The van der Waals surface area contributed by atoms with E-state index in [1.54, 1.807) is 13.8 Å². The van der Waals surface area contributed by atoms with Crippen LogP contribution < -0.4 is 10.6 Å². The highest BCUT2D eigenvalue weighted by atomic mass is 16.3. The summed E-state index contributed by atoms with van der Waals surface area (Å²) in [6.07, 6.45) is 0. The molecule has 0 saturated heterocycles. The molecule has 0 spiro atoms. The average Bonchev–Trinajstić information content (AvgIpc) is 2.02. The van der Waals surface area contributed by atoms with Gasteiger partial charge in [-0.1, -0.05) is 0 Å². The van der Waals surface area contributed by atoms with Crippen LogP contribution >= 0.6 is 0 Å². The predicted octanol–water partition coefficient (Wildman–Crippen LogP) is 0.0874. The smallest absolute Gasteiger partial charge is 0.242 e. The zero-order valence-electron chi connectivity index (χ0n) is 8.63. The Bertz CT molecular complexity index is 250. The van der Waals surface area contributed by atoms with Crippen molar-refractivity contribution in [2.24, 2.45) is 0 Å². The van der Waals surface area contributed by atoms with Crippen molar-refractivity contribution in [3.05, 3.63) is 12.5 Å². The molecule has 0 aromatic carbocycles. The lowest BCUT2D eigenvalue weighted by molar-refractivity contribution is -0.127. The van der Waals surface area contributed by atoms with Crippen LogP contribution in [0.2, 0.25) is 0 Å². The zero-order chi connectivity index (χ0) is 11.3. The highest BCUT2D eigenvalue weighted by Crippen LogP contribution is 1.89. The summed E-state index contributed by atoms with van der Waals surface area (Å²) < 4.78 is 0. The number of hydrogen-bond donors (Lipinski definition) is 3. The summed E-state index contributed by atoms with van der Waals surface area (Å²) in [7, 11) is 0. The predicted molar refractivity (Wildman–Crippen MR) is 52.7 cm³/mol. The Morgan fingerprint density at radius 2 is 1.71 bits per heavy atom. The van der Waals surface area contributed by atoms with Gasteiger partial charge in [-0.25, -0.2) is 0 Å². The molecule has 5 nitrogen and oxygen atoms in total. The standard InChI is InChI=1S/C9H16N2O3/c1-5(7(3)12)11-9(14)6(2)10-8(4)13/h5-6,10,13H,4H2,1-3H3,(H,11,14)/t5-,6+/m1/s1. The van der Waals surface area contributed by atoms with Crippen LogP contribution in [0.25, 0.3) is 0 Å². The van der Waals surface area contributed by atoms with Gasteiger partial charge in [-0.2, -0.15) is 0 Å². The monoisotopic (exact) mass is 200 g/mol. The van der Waals surface area contributed by atoms with Gasteiger partial charge in [-0.15, -0.1) is 0 Å². The fourth-order valence-electron chi connectivity index (χ4n) is 0.755. The van der Waals surface area contributed by atoms with Gasteiger partial charge >= 0.3 is 0 Å². The van der Waals surface area contributed by atoms with Gasteiger partial charge in [0.25, 0.3) is 0 Å². The Morgan fingerprint density at radius 3 is 2.07 bits per heavy atom. The number of aliphatic hydroxyl groups excluding tert-OH is 1. The van der Waals surface area contributed by atoms with Gasteiger partial charge in [-0.3, -0.25) is 9.59 Å². The minimum absolute atomic E-state index is 0.117. The number of aliphatic hydroxyl groups is 1. The second-order valence-corrected chi connectivity index (χ2v) is 3.15. The summed E-state index contributed by atoms with van der Waals surface area (Å²) in [5.74, 6) is -0.751. The number of Topliss-reactive ketones (excluding diaryl/α,β-unsaturated/α-hetero) is 1. The minimum atomic E-state index is -0.616. The first-order valence-corrected chi connectivity index (χ1v) is 4.29. The van der Waals surface area contributed by atoms with Crippen LogP contribution in [0.15, 0.2) is 12.5 Å². The number of hydrogen-bond acceptors (Lipinski definition) is 4. The molecule has 0 fully saturated rings. The van der Waals surface area contributed by atoms with E-state index in [-0.39, 0.29) is 17.6 Å². The maximum absolute atomic E-state index is 11.3. The number of rotatable bonds is 5. The largest absolute Gasteiger partial charge is 0.495 e. The second-order valence-electron chi connectivity index (χ2n) is 3.15. The fourth-order valence-corrected chi connectivity index (χ4v) is 0.755. The average molecular weight is 200 g/mol. The Kier molecular flexibility index (Phi) is 4.69. The van der Waals surface area contributed by atoms with Crippen molar-refractivity contribution in [3.8, 4) is 0 Å². The first-order chi connectivity index (χ1) is 6.34. The molecule has 0 aromatic rings. The van der Waals surface area contributed by atoms with Crippen molar-refractivity contribution in [1.82, 2.24) is 10.6 Å². The molecule has 1 amide bonds. The van der Waals surface area contributed by atoms with Crippen LogP contribution in [0, 0.1) is 0 Å². The highest BCUT2D eigenvalue weighted by molar-refractivity contribution is 5.89. The van der Waals surface area contributed by atoms with E-state index in [1.807, 2.05) is 0 Å². The fraction of sp³-hybridized carbons (Fsp3) is 0.556. The van der Waals surface area contributed by atoms with Gasteiger partial charge in [0.1, 0.15) is 6.04 Å². The third kappa shape index (κ3) is 4.49. The number of carbonyl (C=O) groups is 2. The molecule has 5 heteroatoms. The lowest BCUT2D eigenvalue weighted by Crippen LogP contribution is -2.47. The summed E-state index contributed by atoms with van der Waals surface area (Å²) in [4.78, 5) is 22.1. The molecule has 0 heterocycles. The number of carbonyl (C=O) groups excluding carboxylic acids is 2. The SMILES string of the molecule is C=C(O)N[C@@H](C)C(=O)N[C@H](C)C(C)=O. The second kappa shape index (κ2) is 5.26. The van der Waals surface area contributed by atoms with Gasteiger partial charge in [0, 0.05) is 0 Å². The summed E-state index contributed by atoms with van der Waals surface area (Å²) in [5, 5.41) is 13.7. The summed E-state index contributed by atoms with van der Waals surface area (Å²) in [5.41, 5.74) is 0. The van der Waals surface area contributed by atoms with Crippen molar-refractivity contribution in [2.45, 2.75) is 32.9 Å². The maximum atomic E-state index is 11.3. The molecular weight excluding hydrogens is 184 g/mol.